The van der Waals surface area contributed by atoms with Crippen LogP contribution in [0.3, 0.4) is 0 Å². The predicted octanol–water partition coefficient (Wildman–Crippen LogP) is -7.16. The molecule has 0 aromatic rings. The zero-order valence-electron chi connectivity index (χ0n) is 64.2. The van der Waals surface area contributed by atoms with Gasteiger partial charge >= 0.3 is 5.97 Å². The Kier molecular flexibility index (Phi) is 26.0. The lowest BCUT2D eigenvalue weighted by Crippen LogP contribution is -2.69. The molecule has 38 nitrogen and oxygen atoms in total. The van der Waals surface area contributed by atoms with Gasteiger partial charge in [0.25, 0.3) is 0 Å². The van der Waals surface area contributed by atoms with Crippen LogP contribution >= 0.6 is 0 Å². The predicted molar refractivity (Wildman–Crippen MR) is 368 cm³/mol. The minimum Gasteiger partial charge on any atom is -0.432 e. The van der Waals surface area contributed by atoms with Gasteiger partial charge in [-0.25, -0.2) is 0 Å². The van der Waals surface area contributed by atoms with Gasteiger partial charge in [-0.1, -0.05) is 60.1 Å². The maximum Gasteiger partial charge on any atom is 0.317 e. The second-order valence-corrected chi connectivity index (χ2v) is 35.9. The Labute approximate surface area is 646 Å². The van der Waals surface area contributed by atoms with Crippen LogP contribution in [0, 0.1) is 50.2 Å². The number of allylic oxidation sites excluding steroid dienone is 2. The number of rotatable bonds is 18. The zero-order valence-corrected chi connectivity index (χ0v) is 64.2. The molecule has 0 aromatic heterocycles. The molecule has 8 saturated heterocycles. The van der Waals surface area contributed by atoms with Gasteiger partial charge in [0.15, 0.2) is 50.1 Å². The van der Waals surface area contributed by atoms with Crippen LogP contribution < -0.4 is 0 Å². The highest BCUT2D eigenvalue weighted by Crippen LogP contribution is 2.76. The van der Waals surface area contributed by atoms with Gasteiger partial charge in [0.1, 0.15) is 158 Å². The summed E-state index contributed by atoms with van der Waals surface area (Å²) in [4.78, 5) is 16.1. The number of hydrogen-bond donors (Lipinski definition) is 21. The number of carbonyl (C=O) groups excluding carboxylic acids is 1. The lowest BCUT2D eigenvalue weighted by atomic mass is 9.33. The van der Waals surface area contributed by atoms with Crippen molar-refractivity contribution in [2.24, 2.45) is 50.2 Å². The third-order valence-corrected chi connectivity index (χ3v) is 28.2. The van der Waals surface area contributed by atoms with Crippen molar-refractivity contribution in [3.63, 3.8) is 0 Å². The van der Waals surface area contributed by atoms with Gasteiger partial charge in [0.2, 0.25) is 6.29 Å². The van der Waals surface area contributed by atoms with Gasteiger partial charge < -0.3 is 183 Å². The molecule has 0 aromatic carbocycles. The molecule has 21 N–H and O–H groups in total. The van der Waals surface area contributed by atoms with E-state index in [-0.39, 0.29) is 24.7 Å². The maximum atomic E-state index is 16.1. The first-order chi connectivity index (χ1) is 52.5. The molecule has 13 aliphatic rings. The third-order valence-electron chi connectivity index (χ3n) is 28.2. The number of aliphatic hydroxyl groups is 21. The Hall–Kier alpha value is -2.23. The summed E-state index contributed by atoms with van der Waals surface area (Å²) in [7, 11) is 0. The van der Waals surface area contributed by atoms with Crippen molar-refractivity contribution in [1.82, 2.24) is 0 Å². The van der Waals surface area contributed by atoms with E-state index in [0.29, 0.717) is 44.9 Å². The number of hydrogen-bond acceptors (Lipinski definition) is 38. The third kappa shape index (κ3) is 15.6. The summed E-state index contributed by atoms with van der Waals surface area (Å²) in [6, 6.07) is 0. The molecule has 4 saturated carbocycles. The molecule has 12 fully saturated rings. The summed E-state index contributed by atoms with van der Waals surface area (Å²) in [6.45, 7) is 14.7. The fourth-order valence-electron chi connectivity index (χ4n) is 21.1. The van der Waals surface area contributed by atoms with E-state index >= 15 is 4.79 Å². The average Bonchev–Trinajstić information content (AvgIpc) is 0.670. The lowest BCUT2D eigenvalue weighted by Gasteiger charge is -2.71. The first-order valence-corrected chi connectivity index (χ1v) is 39.3. The molecule has 38 heteroatoms. The topological polar surface area (TPSA) is 590 Å². The van der Waals surface area contributed by atoms with E-state index < -0.39 is 317 Å². The van der Waals surface area contributed by atoms with E-state index in [0.717, 1.165) is 5.57 Å². The SMILES string of the molecule is C[C@@H]1O[C@@H](OC[C@H]2O[C@@H](OC(=O)[C@]34CCC(C)(C)C[C@H]3C3=CCC5[C@@]6(C)CC[C@H](O[C@@H]7O[C@H](CO[C@@H]8OC[C@@H](O)[C@H](O)[C@H]8O[C@@H]8OC[C@@H](O)[C@H](O)[C@H]8O)[C@@H](O)[C@H](O)[C@H]7O)C(C)(C)C6CC[C@@]5(C)[C@]3(C)C[C@H]4O)[C@H](O[C@@H]3O[C@@H](C)[C@H](O[C@@H]4OC[C@@H](O)[C@H](O[C@@H]5OC[C@@H](O)[C@H](O)[C@H]5O)[C@H]4O)[C@@H](O)[C@H]3O)[C@@H](O)[C@@H]2O)[C@H](O)[C@H](O)[C@H]1O. The van der Waals surface area contributed by atoms with Crippen molar-refractivity contribution < 1.29 is 188 Å². The van der Waals surface area contributed by atoms with Gasteiger partial charge in [-0.05, 0) is 116 Å². The Morgan fingerprint density at radius 2 is 0.884 bits per heavy atom. The molecule has 2 unspecified atom stereocenters. The maximum absolute atomic E-state index is 16.1. The van der Waals surface area contributed by atoms with Gasteiger partial charge in [-0.2, -0.15) is 0 Å². The van der Waals surface area contributed by atoms with Crippen LogP contribution in [-0.2, 0) is 80.6 Å². The van der Waals surface area contributed by atoms with Crippen LogP contribution in [0.1, 0.15) is 120 Å². The second-order valence-electron chi connectivity index (χ2n) is 35.9. The Morgan fingerprint density at radius 3 is 1.52 bits per heavy atom. The van der Waals surface area contributed by atoms with Crippen LogP contribution in [0.2, 0.25) is 0 Å². The number of esters is 1. The molecule has 644 valence electrons. The molecule has 0 bridgehead atoms. The normalized spacial score (nSPS) is 55.1. The number of aliphatic hydroxyl groups excluding tert-OH is 21. The number of ether oxygens (including phenoxy) is 16. The molecule has 8 heterocycles. The van der Waals surface area contributed by atoms with E-state index in [1.165, 1.54) is 13.8 Å². The van der Waals surface area contributed by atoms with E-state index in [1.807, 2.05) is 0 Å². The molecule has 112 heavy (non-hydrogen) atoms. The smallest absolute Gasteiger partial charge is 0.317 e. The summed E-state index contributed by atoms with van der Waals surface area (Å²) in [6.07, 6.45) is -56.6. The summed E-state index contributed by atoms with van der Waals surface area (Å²) in [5.74, 6) is -1.71. The van der Waals surface area contributed by atoms with Gasteiger partial charge in [-0.3, -0.25) is 4.79 Å². The fraction of sp³-hybridized carbons (Fsp3) is 0.959. The summed E-state index contributed by atoms with van der Waals surface area (Å²) < 4.78 is 95.1. The van der Waals surface area contributed by atoms with Crippen molar-refractivity contribution in [1.29, 1.82) is 0 Å². The minimum atomic E-state index is -2.12. The van der Waals surface area contributed by atoms with Crippen LogP contribution in [0.15, 0.2) is 11.6 Å². The molecule has 13 rings (SSSR count). The number of carbonyl (C=O) groups is 1. The highest BCUT2D eigenvalue weighted by molar-refractivity contribution is 5.80. The quantitative estimate of drug-likeness (QED) is 0.0344. The van der Waals surface area contributed by atoms with E-state index in [2.05, 4.69) is 54.5 Å². The van der Waals surface area contributed by atoms with E-state index in [1.54, 1.807) is 0 Å². The summed E-state index contributed by atoms with van der Waals surface area (Å²) in [5, 5.41) is 233. The van der Waals surface area contributed by atoms with Crippen molar-refractivity contribution in [3.05, 3.63) is 11.6 Å². The van der Waals surface area contributed by atoms with Gasteiger partial charge in [-0.15, -0.1) is 0 Å². The molecular weight excluding hydrogens is 1500 g/mol. The molecule has 45 atom stereocenters. The first kappa shape index (κ1) is 87.6. The van der Waals surface area contributed by atoms with E-state index in [9.17, 15) is 107 Å². The minimum absolute atomic E-state index is 0.0258. The lowest BCUT2D eigenvalue weighted by molar-refractivity contribution is -0.381. The Morgan fingerprint density at radius 1 is 0.411 bits per heavy atom. The summed E-state index contributed by atoms with van der Waals surface area (Å²) in [5.41, 5.74) is -3.50. The molecular formula is C74H120O38. The van der Waals surface area contributed by atoms with Crippen LogP contribution in [0.5, 0.6) is 0 Å². The van der Waals surface area contributed by atoms with Crippen molar-refractivity contribution in [2.75, 3.05) is 39.6 Å². The average molecular weight is 1620 g/mol. The zero-order chi connectivity index (χ0) is 81.5. The first-order valence-electron chi connectivity index (χ1n) is 39.3. The largest absolute Gasteiger partial charge is 0.432 e. The molecule has 0 amide bonds. The van der Waals surface area contributed by atoms with E-state index in [4.69, 9.17) is 75.8 Å². The molecule has 0 radical (unpaired) electrons. The molecule has 8 aliphatic heterocycles. The van der Waals surface area contributed by atoms with Crippen LogP contribution in [-0.4, -0.2) is 386 Å². The highest BCUT2D eigenvalue weighted by atomic mass is 16.8. The van der Waals surface area contributed by atoms with Crippen LogP contribution in [0.25, 0.3) is 0 Å². The fourth-order valence-corrected chi connectivity index (χ4v) is 21.1. The van der Waals surface area contributed by atoms with Crippen molar-refractivity contribution >= 4 is 5.97 Å². The summed E-state index contributed by atoms with van der Waals surface area (Å²) >= 11 is 0. The monoisotopic (exact) mass is 1620 g/mol. The van der Waals surface area contributed by atoms with Crippen LogP contribution in [0.4, 0.5) is 0 Å². The number of fused-ring (bicyclic) bond motifs is 7. The van der Waals surface area contributed by atoms with Gasteiger partial charge in [0.05, 0.1) is 64.1 Å². The second kappa shape index (κ2) is 33.3. The Balaban J connectivity index is 0.718. The van der Waals surface area contributed by atoms with Crippen molar-refractivity contribution in [3.8, 4) is 0 Å². The standard InChI is InChI=1S/C74H120O38/c1-26-40(80)46(86)52(92)60(103-26)101-24-35-45(85)48(88)59(111-64-54(94)49(89)56(27(2)104-64)108-63-55(95)57(33(78)23-99-63)109-61-50(90)41(81)30(75)20-97-61)67(106-35)112-68(96)74-17-16-69(3,4)18-29(74)28-10-11-37-71(7)14-13-39(70(5,6)36(71)12-15-72(37,8)73(28,9)19-38(74)79)107-65-53(93)47(87)44(84)34(105-65)25-102-66-58(43(83)32(77)22-100-66)110-62-51(91)42(82)31(76)21-98-62/h10,26-27,29-67,75-95H,11-25H2,1-9H3/t26-,27-,29-,30+,31+,32+,33+,34+,35+,36?,37?,38+,39-,40-,41-,42-,43-,44+,45+,46+,47-,48-,49-,50+,51+,52+,53+,54+,55+,56-,57-,58+,59+,60+,61-,62-,63-,64-,65-,66-,67-,71-,72+,73+,74+/m0/s1. The Bertz CT molecular complexity index is 3220. The van der Waals surface area contributed by atoms with Crippen molar-refractivity contribution in [2.45, 2.75) is 354 Å². The molecule has 0 spiro atoms. The highest BCUT2D eigenvalue weighted by Gasteiger charge is 2.73. The molecule has 5 aliphatic carbocycles. The van der Waals surface area contributed by atoms with Gasteiger partial charge in [0, 0.05) is 0 Å².